The van der Waals surface area contributed by atoms with Crippen LogP contribution in [0.25, 0.3) is 0 Å². The molecule has 350 valence electrons. The number of carbonyl (C=O) groups is 2. The zero-order chi connectivity index (χ0) is 46.0. The number of nitrogens with zero attached hydrogens (tertiary/aromatic N) is 3. The van der Waals surface area contributed by atoms with E-state index in [9.17, 15) is 33.3 Å². The summed E-state index contributed by atoms with van der Waals surface area (Å²) in [6, 6.07) is 6.88. The Bertz CT molecular complexity index is 2020. The molecule has 2 bridgehead atoms. The molecule has 1 saturated heterocycles. The number of sulfonamides is 1. The minimum atomic E-state index is -3.68. The van der Waals surface area contributed by atoms with E-state index in [1.165, 1.54) is 6.42 Å². The van der Waals surface area contributed by atoms with Crippen molar-refractivity contribution < 1.29 is 42.9 Å². The number of aliphatic hydroxyl groups is 3. The van der Waals surface area contributed by atoms with Gasteiger partial charge in [0.15, 0.2) is 0 Å². The third-order valence-corrected chi connectivity index (χ3v) is 15.3. The van der Waals surface area contributed by atoms with E-state index in [0.717, 1.165) is 23.9 Å². The molecule has 2 amide bonds. The van der Waals surface area contributed by atoms with Crippen LogP contribution in [0.2, 0.25) is 0 Å². The summed E-state index contributed by atoms with van der Waals surface area (Å²) >= 11 is 0. The minimum absolute atomic E-state index is 0.000639. The highest BCUT2D eigenvalue weighted by molar-refractivity contribution is 7.88. The Morgan fingerprint density at radius 3 is 2.41 bits per heavy atom. The quantitative estimate of drug-likeness (QED) is 0.119. The lowest BCUT2D eigenvalue weighted by atomic mass is 9.45. The molecule has 12 atom stereocenters. The van der Waals surface area contributed by atoms with E-state index in [0.29, 0.717) is 60.6 Å². The second-order valence-corrected chi connectivity index (χ2v) is 21.2. The zero-order valence-corrected chi connectivity index (χ0v) is 39.3. The van der Waals surface area contributed by atoms with Crippen molar-refractivity contribution >= 4 is 21.8 Å². The van der Waals surface area contributed by atoms with Crippen molar-refractivity contribution in [3.63, 3.8) is 0 Å². The molecular weight excluding hydrogens is 825 g/mol. The number of nitrogens with one attached hydrogen (secondary N) is 3. The fourth-order valence-corrected chi connectivity index (χ4v) is 11.9. The lowest BCUT2D eigenvalue weighted by molar-refractivity contribution is -0.173. The van der Waals surface area contributed by atoms with Crippen LogP contribution in [-0.4, -0.2) is 148 Å². The minimum Gasteiger partial charge on any atom is -0.500 e. The fraction of sp³-hybridized carbons (Fsp3) is 0.660. The van der Waals surface area contributed by atoms with Gasteiger partial charge in [-0.25, -0.2) is 13.1 Å². The first kappa shape index (κ1) is 48.8. The molecular formula is C47H72N6O9S. The number of hydroxylamine groups is 2. The van der Waals surface area contributed by atoms with Crippen molar-refractivity contribution in [1.82, 2.24) is 30.2 Å². The van der Waals surface area contributed by atoms with Gasteiger partial charge in [-0.1, -0.05) is 69.3 Å². The Balaban J connectivity index is 1.29. The van der Waals surface area contributed by atoms with Gasteiger partial charge in [-0.05, 0) is 87.4 Å². The smallest absolute Gasteiger partial charge is 0.251 e. The molecule has 6 aliphatic rings. The first-order valence-electron chi connectivity index (χ1n) is 22.5. The normalized spacial score (nSPS) is 30.8. The number of rotatable bonds is 19. The van der Waals surface area contributed by atoms with Crippen LogP contribution in [0.5, 0.6) is 0 Å². The van der Waals surface area contributed by atoms with E-state index in [2.05, 4.69) is 42.2 Å². The third-order valence-electron chi connectivity index (χ3n) is 14.6. The maximum absolute atomic E-state index is 14.5. The van der Waals surface area contributed by atoms with Crippen molar-refractivity contribution in [1.29, 1.82) is 0 Å². The Morgan fingerprint density at radius 2 is 1.83 bits per heavy atom. The second-order valence-electron chi connectivity index (χ2n) is 19.5. The fourth-order valence-electron chi connectivity index (χ4n) is 11.1. The molecule has 2 unspecified atom stereocenters. The molecule has 15 nitrogen and oxygen atoms in total. The first-order valence-corrected chi connectivity index (χ1v) is 24.3. The highest BCUT2D eigenvalue weighted by Gasteiger charge is 2.57. The molecule has 0 spiro atoms. The van der Waals surface area contributed by atoms with Gasteiger partial charge in [0, 0.05) is 54.9 Å². The summed E-state index contributed by atoms with van der Waals surface area (Å²) in [5.41, 5.74) is 2.97. The molecule has 7 rings (SSSR count). The van der Waals surface area contributed by atoms with Gasteiger partial charge in [0.1, 0.15) is 17.9 Å². The van der Waals surface area contributed by atoms with Gasteiger partial charge in [-0.2, -0.15) is 5.06 Å². The number of hydrogen-bond donors (Lipinski definition) is 6. The van der Waals surface area contributed by atoms with Crippen LogP contribution in [0.4, 0.5) is 0 Å². The summed E-state index contributed by atoms with van der Waals surface area (Å²) in [5.74, 6) is 0.261. The van der Waals surface area contributed by atoms with Crippen LogP contribution in [0.15, 0.2) is 77.2 Å². The number of methoxy groups -OCH3 is 1. The summed E-state index contributed by atoms with van der Waals surface area (Å²) in [4.78, 5) is 39.1. The van der Waals surface area contributed by atoms with Crippen LogP contribution in [0.3, 0.4) is 0 Å². The number of allylic oxidation sites excluding steroid dienone is 4. The zero-order valence-electron chi connectivity index (χ0n) is 38.5. The predicted octanol–water partition coefficient (Wildman–Crippen LogP) is 2.71. The molecule has 3 saturated carbocycles. The van der Waals surface area contributed by atoms with Gasteiger partial charge in [0.25, 0.3) is 5.91 Å². The van der Waals surface area contributed by atoms with Gasteiger partial charge in [-0.15, -0.1) is 0 Å². The Morgan fingerprint density at radius 1 is 1.11 bits per heavy atom. The number of amides is 2. The number of fused-ring (bicyclic) bond motifs is 2. The topological polar surface area (TPSA) is 193 Å². The van der Waals surface area contributed by atoms with Crippen molar-refractivity contribution in [3.05, 3.63) is 82.8 Å². The van der Waals surface area contributed by atoms with Crippen molar-refractivity contribution in [2.24, 2.45) is 40.9 Å². The summed E-state index contributed by atoms with van der Waals surface area (Å²) in [6.07, 6.45) is 10.4. The molecule has 1 aliphatic heterocycles. The van der Waals surface area contributed by atoms with Crippen LogP contribution in [0.1, 0.15) is 65.0 Å². The van der Waals surface area contributed by atoms with Crippen molar-refractivity contribution in [3.8, 4) is 0 Å². The monoisotopic (exact) mass is 897 g/mol. The summed E-state index contributed by atoms with van der Waals surface area (Å²) in [6.45, 7) is 8.86. The SMILES string of the molecule is COC1=C(CN2O[C@@H](CO)[C@@H]([C@H](C)O)[C@H]2C(=O)N[C@H]2C[C@H]3C[C@@H]([C@@H]2C)C3(C)C)C=CCC1C1C=C(C(=O)N[C@H](CN(C)C)[C@@H](NS(C)(=O)=O)c2ccccc2)C=C(N(C)CCO)C1. The van der Waals surface area contributed by atoms with E-state index >= 15 is 0 Å². The molecule has 16 heteroatoms. The van der Waals surface area contributed by atoms with Gasteiger partial charge in [0.2, 0.25) is 15.9 Å². The molecule has 63 heavy (non-hydrogen) atoms. The molecule has 0 aromatic heterocycles. The molecule has 0 radical (unpaired) electrons. The van der Waals surface area contributed by atoms with Gasteiger partial charge >= 0.3 is 0 Å². The lowest BCUT2D eigenvalue weighted by Gasteiger charge is -2.62. The molecule has 1 aromatic carbocycles. The van der Waals surface area contributed by atoms with Crippen molar-refractivity contribution in [2.75, 3.05) is 67.4 Å². The number of benzene rings is 1. The lowest BCUT2D eigenvalue weighted by Crippen LogP contribution is -2.62. The van der Waals surface area contributed by atoms with Gasteiger partial charge in [0.05, 0.1) is 51.3 Å². The summed E-state index contributed by atoms with van der Waals surface area (Å²) < 4.78 is 34.3. The maximum Gasteiger partial charge on any atom is 0.251 e. The first-order chi connectivity index (χ1) is 29.8. The van der Waals surface area contributed by atoms with E-state index in [4.69, 9.17) is 9.57 Å². The highest BCUT2D eigenvalue weighted by atomic mass is 32.2. The van der Waals surface area contributed by atoms with Gasteiger partial charge in [-0.3, -0.25) is 14.4 Å². The number of likely N-dealkylation sites (N-methyl/N-ethyl adjacent to an activating group) is 2. The molecule has 4 fully saturated rings. The van der Waals surface area contributed by atoms with Gasteiger partial charge < -0.3 is 40.5 Å². The van der Waals surface area contributed by atoms with E-state index < -0.39 is 46.3 Å². The Kier molecular flexibility index (Phi) is 15.7. The second kappa shape index (κ2) is 20.3. The van der Waals surface area contributed by atoms with E-state index in [1.807, 2.05) is 79.5 Å². The molecule has 5 aliphatic carbocycles. The van der Waals surface area contributed by atoms with Crippen LogP contribution in [0, 0.1) is 40.9 Å². The van der Waals surface area contributed by atoms with Crippen LogP contribution < -0.4 is 15.4 Å². The number of ether oxygens (including phenoxy) is 1. The van der Waals surface area contributed by atoms with Crippen molar-refractivity contribution in [2.45, 2.75) is 89.8 Å². The number of carbonyl (C=O) groups excluding carboxylic acids is 2. The van der Waals surface area contributed by atoms with E-state index in [-0.39, 0.29) is 54.9 Å². The number of hydrogen-bond acceptors (Lipinski definition) is 12. The standard InChI is InChI=1S/C47H72N6O9S/c1-28-37-23-34(47(37,3)4)24-38(28)48-46(58)43-41(29(2)56)40(27-55)62-53(43)25-31-16-13-17-36(44(31)61-8)32-20-33(22-35(21-32)52(7)18-19-54)45(57)49-39(26-51(5)6)42(50-63(9,59)60)30-14-11-10-12-15-30/h10-16,20,22,28-29,32,34,36-43,50,54-56H,17-19,21,23-27H2,1-9H3,(H,48,58)(H,49,57)/t28-,29-,32?,34+,36?,37-,38-,39+,40-,41+,42-,43-/m0/s1. The Hall–Kier alpha value is -3.61. The summed E-state index contributed by atoms with van der Waals surface area (Å²) in [5, 5.41) is 39.5. The largest absolute Gasteiger partial charge is 0.500 e. The molecule has 1 heterocycles. The summed E-state index contributed by atoms with van der Waals surface area (Å²) in [7, 11) is 3.53. The Labute approximate surface area is 374 Å². The van der Waals surface area contributed by atoms with E-state index in [1.54, 1.807) is 19.1 Å². The molecule has 1 aromatic rings. The van der Waals surface area contributed by atoms with Crippen LogP contribution >= 0.6 is 0 Å². The molecule has 6 N–H and O–H groups in total. The average Bonchev–Trinajstić information content (AvgIpc) is 3.61. The predicted molar refractivity (Wildman–Crippen MR) is 242 cm³/mol. The highest BCUT2D eigenvalue weighted by Crippen LogP contribution is 2.61. The maximum atomic E-state index is 14.5. The van der Waals surface area contributed by atoms with Crippen LogP contribution in [-0.2, 0) is 29.2 Å². The number of aliphatic hydroxyl groups excluding tert-OH is 3. The average molecular weight is 897 g/mol. The third kappa shape index (κ3) is 10.9.